The van der Waals surface area contributed by atoms with Gasteiger partial charge in [-0.05, 0) is 60.7 Å². The van der Waals surface area contributed by atoms with E-state index >= 15 is 0 Å². The minimum Gasteiger partial charge on any atom is -0.369 e. The third-order valence-electron chi connectivity index (χ3n) is 6.72. The van der Waals surface area contributed by atoms with Crippen molar-refractivity contribution >= 4 is 15.7 Å². The van der Waals surface area contributed by atoms with Crippen molar-refractivity contribution in [3.05, 3.63) is 58.9 Å². The Hall–Kier alpha value is -2.21. The molecule has 4 rings (SSSR count). The highest BCUT2D eigenvalue weighted by Crippen LogP contribution is 2.37. The Morgan fingerprint density at radius 2 is 1.91 bits per heavy atom. The summed E-state index contributed by atoms with van der Waals surface area (Å²) in [5, 5.41) is 8.83. The highest BCUT2D eigenvalue weighted by molar-refractivity contribution is 7.89. The van der Waals surface area contributed by atoms with Gasteiger partial charge in [-0.2, -0.15) is 17.5 Å². The van der Waals surface area contributed by atoms with Crippen LogP contribution in [0.4, 0.5) is 23.2 Å². The zero-order valence-corrected chi connectivity index (χ0v) is 19.4. The Kier molecular flexibility index (Phi) is 6.92. The molecule has 2 aromatic rings. The first-order valence-corrected chi connectivity index (χ1v) is 12.5. The molecule has 6 nitrogen and oxygen atoms in total. The van der Waals surface area contributed by atoms with E-state index in [4.69, 9.17) is 5.26 Å². The second-order valence-corrected chi connectivity index (χ2v) is 10.6. The second kappa shape index (κ2) is 9.44. The SMILES string of the molecule is CCC1CN(c2ccc(C(F)(F)F)c(F)c2)CCN1S(=O)(=O)c1ccc2c(c1)C(COO)CC2. The van der Waals surface area contributed by atoms with Crippen molar-refractivity contribution in [3.63, 3.8) is 0 Å². The average Bonchev–Trinajstić information content (AvgIpc) is 3.20. The van der Waals surface area contributed by atoms with E-state index in [1.807, 2.05) is 6.92 Å². The van der Waals surface area contributed by atoms with Gasteiger partial charge in [0, 0.05) is 37.3 Å². The zero-order valence-electron chi connectivity index (χ0n) is 18.6. The molecule has 1 aliphatic heterocycles. The summed E-state index contributed by atoms with van der Waals surface area (Å²) in [6.45, 7) is 2.49. The molecular formula is C23H26F4N2O4S. The second-order valence-electron chi connectivity index (χ2n) is 8.68. The van der Waals surface area contributed by atoms with Crippen LogP contribution in [0.2, 0.25) is 0 Å². The topological polar surface area (TPSA) is 70.1 Å². The molecule has 2 unspecified atom stereocenters. The summed E-state index contributed by atoms with van der Waals surface area (Å²) >= 11 is 0. The van der Waals surface area contributed by atoms with Gasteiger partial charge in [0.2, 0.25) is 10.0 Å². The number of piperazine rings is 1. The maximum Gasteiger partial charge on any atom is 0.419 e. The molecule has 2 aliphatic rings. The van der Waals surface area contributed by atoms with E-state index in [0.29, 0.717) is 12.5 Å². The van der Waals surface area contributed by atoms with Gasteiger partial charge in [0.05, 0.1) is 17.1 Å². The molecule has 1 fully saturated rings. The van der Waals surface area contributed by atoms with Crippen LogP contribution in [0.3, 0.4) is 0 Å². The average molecular weight is 503 g/mol. The van der Waals surface area contributed by atoms with E-state index in [1.165, 1.54) is 10.4 Å². The Labute approximate surface area is 195 Å². The highest BCUT2D eigenvalue weighted by Gasteiger charge is 2.38. The number of aryl methyl sites for hydroxylation is 1. The number of nitrogens with zero attached hydrogens (tertiary/aromatic N) is 2. The normalized spacial score (nSPS) is 21.6. The van der Waals surface area contributed by atoms with Gasteiger partial charge < -0.3 is 4.90 Å². The van der Waals surface area contributed by atoms with Crippen LogP contribution < -0.4 is 4.90 Å². The molecule has 186 valence electrons. The molecule has 0 aromatic heterocycles. The van der Waals surface area contributed by atoms with Crippen molar-refractivity contribution in [1.82, 2.24) is 4.31 Å². The summed E-state index contributed by atoms with van der Waals surface area (Å²) in [5.74, 6) is -1.43. The summed E-state index contributed by atoms with van der Waals surface area (Å²) < 4.78 is 81.2. The molecule has 1 aliphatic carbocycles. The number of benzene rings is 2. The van der Waals surface area contributed by atoms with Crippen LogP contribution in [-0.2, 0) is 27.5 Å². The number of rotatable bonds is 6. The number of hydrogen-bond donors (Lipinski definition) is 1. The molecule has 2 aromatic carbocycles. The van der Waals surface area contributed by atoms with E-state index in [0.717, 1.165) is 30.0 Å². The van der Waals surface area contributed by atoms with Gasteiger partial charge in [-0.25, -0.2) is 17.7 Å². The van der Waals surface area contributed by atoms with Crippen LogP contribution in [0.1, 0.15) is 42.4 Å². The Bertz CT molecular complexity index is 1150. The van der Waals surface area contributed by atoms with Crippen LogP contribution in [0.25, 0.3) is 0 Å². The first-order chi connectivity index (χ1) is 16.1. The summed E-state index contributed by atoms with van der Waals surface area (Å²) in [5.41, 5.74) is 0.834. The van der Waals surface area contributed by atoms with Gasteiger partial charge in [-0.1, -0.05) is 13.0 Å². The molecule has 1 saturated heterocycles. The van der Waals surface area contributed by atoms with Gasteiger partial charge in [0.25, 0.3) is 0 Å². The lowest BCUT2D eigenvalue weighted by Gasteiger charge is -2.41. The summed E-state index contributed by atoms with van der Waals surface area (Å²) in [6.07, 6.45) is -2.76. The Morgan fingerprint density at radius 3 is 2.56 bits per heavy atom. The zero-order chi connectivity index (χ0) is 24.7. The third-order valence-corrected chi connectivity index (χ3v) is 8.67. The van der Waals surface area contributed by atoms with Crippen LogP contribution in [0.5, 0.6) is 0 Å². The van der Waals surface area contributed by atoms with Crippen molar-refractivity contribution in [2.45, 2.75) is 49.2 Å². The number of halogens is 4. The molecule has 1 N–H and O–H groups in total. The molecule has 0 bridgehead atoms. The van der Waals surface area contributed by atoms with E-state index in [1.54, 1.807) is 23.1 Å². The molecule has 2 atom stereocenters. The lowest BCUT2D eigenvalue weighted by Crippen LogP contribution is -2.55. The molecule has 1 heterocycles. The van der Waals surface area contributed by atoms with E-state index in [2.05, 4.69) is 4.89 Å². The van der Waals surface area contributed by atoms with E-state index in [-0.39, 0.29) is 42.7 Å². The first kappa shape index (κ1) is 24.9. The molecular weight excluding hydrogens is 476 g/mol. The smallest absolute Gasteiger partial charge is 0.369 e. The quantitative estimate of drug-likeness (QED) is 0.354. The summed E-state index contributed by atoms with van der Waals surface area (Å²) in [7, 11) is -3.84. The molecule has 0 amide bonds. The fraction of sp³-hybridized carbons (Fsp3) is 0.478. The molecule has 0 radical (unpaired) electrons. The molecule has 11 heteroatoms. The largest absolute Gasteiger partial charge is 0.419 e. The van der Waals surface area contributed by atoms with Crippen LogP contribution in [0, 0.1) is 5.82 Å². The molecule has 0 saturated carbocycles. The van der Waals surface area contributed by atoms with Gasteiger partial charge >= 0.3 is 6.18 Å². The predicted octanol–water partition coefficient (Wildman–Crippen LogP) is 4.65. The Morgan fingerprint density at radius 1 is 1.15 bits per heavy atom. The number of alkyl halides is 3. The van der Waals surface area contributed by atoms with Crippen LogP contribution >= 0.6 is 0 Å². The molecule has 0 spiro atoms. The summed E-state index contributed by atoms with van der Waals surface area (Å²) in [4.78, 5) is 6.16. The van der Waals surface area contributed by atoms with Gasteiger partial charge in [0.1, 0.15) is 5.82 Å². The maximum atomic E-state index is 14.1. The van der Waals surface area contributed by atoms with Crippen molar-refractivity contribution < 1.29 is 36.1 Å². The Balaban J connectivity index is 1.56. The van der Waals surface area contributed by atoms with Crippen molar-refractivity contribution in [3.8, 4) is 0 Å². The minimum absolute atomic E-state index is 0.0801. The number of sulfonamides is 1. The van der Waals surface area contributed by atoms with E-state index in [9.17, 15) is 26.0 Å². The lowest BCUT2D eigenvalue weighted by atomic mass is 10.0. The fourth-order valence-corrected chi connectivity index (χ4v) is 6.59. The van der Waals surface area contributed by atoms with Gasteiger partial charge in [0.15, 0.2) is 0 Å². The third kappa shape index (κ3) is 4.66. The highest BCUT2D eigenvalue weighted by atomic mass is 32.2. The number of anilines is 1. The van der Waals surface area contributed by atoms with Crippen LogP contribution in [0.15, 0.2) is 41.3 Å². The number of hydrogen-bond acceptors (Lipinski definition) is 5. The van der Waals surface area contributed by atoms with Crippen LogP contribution in [-0.4, -0.2) is 50.3 Å². The summed E-state index contributed by atoms with van der Waals surface area (Å²) in [6, 6.07) is 7.37. The minimum atomic E-state index is -4.78. The van der Waals surface area contributed by atoms with Crippen molar-refractivity contribution in [2.75, 3.05) is 31.1 Å². The standard InChI is InChI=1S/C23H26F4N2O4S/c1-2-17-13-28(18-6-8-21(22(24)11-18)23(25,26)27)9-10-29(17)34(31,32)19-7-5-15-3-4-16(14-33-30)20(15)12-19/h5-8,11-12,16-17,30H,2-4,9-10,13-14H2,1H3. The number of fused-ring (bicyclic) bond motifs is 1. The maximum absolute atomic E-state index is 14.1. The monoisotopic (exact) mass is 502 g/mol. The molecule has 34 heavy (non-hydrogen) atoms. The van der Waals surface area contributed by atoms with Crippen molar-refractivity contribution in [1.29, 1.82) is 0 Å². The predicted molar refractivity (Wildman–Crippen MR) is 118 cm³/mol. The van der Waals surface area contributed by atoms with Gasteiger partial charge in [-0.15, -0.1) is 0 Å². The fourth-order valence-electron chi connectivity index (χ4n) is 4.88. The first-order valence-electron chi connectivity index (χ1n) is 11.1. The van der Waals surface area contributed by atoms with Crippen molar-refractivity contribution in [2.24, 2.45) is 0 Å². The van der Waals surface area contributed by atoms with E-state index < -0.39 is 33.6 Å². The van der Waals surface area contributed by atoms with Gasteiger partial charge in [-0.3, -0.25) is 5.26 Å². The lowest BCUT2D eigenvalue weighted by molar-refractivity contribution is -0.245.